The molecule has 12 rings (SSSR count). The van der Waals surface area contributed by atoms with E-state index in [1.165, 1.54) is 0 Å². The first-order chi connectivity index (χ1) is 28.7. The molecule has 8 aromatic carbocycles. The Kier molecular flexibility index (Phi) is 7.09. The molecule has 1 aliphatic rings. The summed E-state index contributed by atoms with van der Waals surface area (Å²) in [7, 11) is 0. The standard InChI is InChI=1S/C51H31N5O2/c1-4-14-32(15-5-1)49-52-50(33-16-6-2-7-17-33)54-51(53-49)56-42-23-13-11-20-37(42)39-28-34(24-26-43(39)56)35-25-27-45-46(29-35)58-48-31-44-40(30-47(48)57-45)38-21-10-12-22-41(38)55(44)36-18-8-3-9-19-36/h1-31H. The van der Waals surface area contributed by atoms with Crippen molar-refractivity contribution in [3.63, 3.8) is 0 Å². The third-order valence-electron chi connectivity index (χ3n) is 11.0. The largest absolute Gasteiger partial charge is 0.449 e. The molecule has 0 bridgehead atoms. The maximum absolute atomic E-state index is 6.68. The number of nitrogens with zero attached hydrogens (tertiary/aromatic N) is 5. The Morgan fingerprint density at radius 2 is 0.810 bits per heavy atom. The van der Waals surface area contributed by atoms with Gasteiger partial charge in [0.05, 0.1) is 22.1 Å². The van der Waals surface area contributed by atoms with Gasteiger partial charge in [0, 0.05) is 44.4 Å². The van der Waals surface area contributed by atoms with E-state index in [0.29, 0.717) is 40.6 Å². The van der Waals surface area contributed by atoms with Crippen molar-refractivity contribution in [2.24, 2.45) is 0 Å². The summed E-state index contributed by atoms with van der Waals surface area (Å²) in [6.07, 6.45) is 0. The van der Waals surface area contributed by atoms with Crippen LogP contribution in [-0.2, 0) is 0 Å². The molecule has 0 amide bonds. The summed E-state index contributed by atoms with van der Waals surface area (Å²) >= 11 is 0. The van der Waals surface area contributed by atoms with Gasteiger partial charge < -0.3 is 14.0 Å². The molecule has 7 nitrogen and oxygen atoms in total. The smallest absolute Gasteiger partial charge is 0.238 e. The van der Waals surface area contributed by atoms with Crippen LogP contribution in [0.2, 0.25) is 0 Å². The van der Waals surface area contributed by atoms with Crippen molar-refractivity contribution < 1.29 is 9.47 Å². The van der Waals surface area contributed by atoms with Crippen molar-refractivity contribution in [3.8, 4) is 68.5 Å². The van der Waals surface area contributed by atoms with E-state index in [1.54, 1.807) is 0 Å². The van der Waals surface area contributed by atoms with Gasteiger partial charge in [-0.2, -0.15) is 9.97 Å². The average Bonchev–Trinajstić information content (AvgIpc) is 3.80. The maximum atomic E-state index is 6.68. The molecule has 11 aromatic rings. The van der Waals surface area contributed by atoms with Gasteiger partial charge in [-0.3, -0.25) is 4.57 Å². The first-order valence-corrected chi connectivity index (χ1v) is 19.3. The van der Waals surface area contributed by atoms with Crippen LogP contribution in [0.4, 0.5) is 0 Å². The van der Waals surface area contributed by atoms with Gasteiger partial charge in [0.25, 0.3) is 0 Å². The first kappa shape index (κ1) is 32.2. The minimum atomic E-state index is 0.560. The highest BCUT2D eigenvalue weighted by Gasteiger charge is 2.24. The molecule has 0 atom stereocenters. The van der Waals surface area contributed by atoms with Gasteiger partial charge in [-0.1, -0.05) is 127 Å². The lowest BCUT2D eigenvalue weighted by Gasteiger charge is -2.22. The van der Waals surface area contributed by atoms with Gasteiger partial charge in [0.15, 0.2) is 34.6 Å². The zero-order chi connectivity index (χ0) is 38.2. The van der Waals surface area contributed by atoms with Gasteiger partial charge >= 0.3 is 0 Å². The van der Waals surface area contributed by atoms with E-state index in [4.69, 9.17) is 24.4 Å². The average molecular weight is 746 g/mol. The molecule has 7 heteroatoms. The van der Waals surface area contributed by atoms with Crippen LogP contribution in [0.5, 0.6) is 23.0 Å². The van der Waals surface area contributed by atoms with Crippen LogP contribution in [-0.4, -0.2) is 24.1 Å². The highest BCUT2D eigenvalue weighted by Crippen LogP contribution is 2.50. The highest BCUT2D eigenvalue weighted by atomic mass is 16.6. The van der Waals surface area contributed by atoms with E-state index in [9.17, 15) is 0 Å². The zero-order valence-corrected chi connectivity index (χ0v) is 31.0. The molecule has 0 unspecified atom stereocenters. The molecule has 0 aliphatic carbocycles. The number of hydrogen-bond acceptors (Lipinski definition) is 5. The summed E-state index contributed by atoms with van der Waals surface area (Å²) in [5, 5.41) is 4.47. The third kappa shape index (κ3) is 5.11. The second kappa shape index (κ2) is 12.8. The number of ether oxygens (including phenoxy) is 2. The lowest BCUT2D eigenvalue weighted by atomic mass is 10.0. The fourth-order valence-electron chi connectivity index (χ4n) is 8.34. The monoisotopic (exact) mass is 745 g/mol. The number of aromatic nitrogens is 5. The van der Waals surface area contributed by atoms with Crippen LogP contribution in [0.15, 0.2) is 188 Å². The Morgan fingerprint density at radius 3 is 1.50 bits per heavy atom. The second-order valence-electron chi connectivity index (χ2n) is 14.5. The van der Waals surface area contributed by atoms with E-state index in [1.807, 2.05) is 72.8 Å². The quantitative estimate of drug-likeness (QED) is 0.175. The topological polar surface area (TPSA) is 67.0 Å². The first-order valence-electron chi connectivity index (χ1n) is 19.3. The molecule has 4 heterocycles. The van der Waals surface area contributed by atoms with Crippen molar-refractivity contribution in [2.45, 2.75) is 0 Å². The number of rotatable bonds is 5. The van der Waals surface area contributed by atoms with Gasteiger partial charge in [-0.05, 0) is 65.7 Å². The van der Waals surface area contributed by atoms with Gasteiger partial charge in [0.2, 0.25) is 5.95 Å². The van der Waals surface area contributed by atoms with E-state index < -0.39 is 0 Å². The zero-order valence-electron chi connectivity index (χ0n) is 31.0. The SMILES string of the molecule is c1ccc(-c2nc(-c3ccccc3)nc(-n3c4ccccc4c4cc(-c5ccc6c(c5)Oc5cc7c(cc5O6)c5ccccc5n7-c5ccccc5)ccc43)n2)cc1. The number of fused-ring (bicyclic) bond motifs is 8. The van der Waals surface area contributed by atoms with Crippen LogP contribution >= 0.6 is 0 Å². The number of hydrogen-bond donors (Lipinski definition) is 0. The molecule has 0 fully saturated rings. The lowest BCUT2D eigenvalue weighted by Crippen LogP contribution is -2.06. The predicted octanol–water partition coefficient (Wildman–Crippen LogP) is 13.0. The Bertz CT molecular complexity index is 3340. The van der Waals surface area contributed by atoms with Crippen LogP contribution in [0, 0.1) is 0 Å². The summed E-state index contributed by atoms with van der Waals surface area (Å²) in [5.74, 6) is 4.52. The number of benzene rings is 8. The predicted molar refractivity (Wildman–Crippen MR) is 231 cm³/mol. The van der Waals surface area contributed by atoms with Crippen molar-refractivity contribution >= 4 is 43.6 Å². The highest BCUT2D eigenvalue weighted by molar-refractivity contribution is 6.11. The molecule has 0 saturated carbocycles. The molecule has 58 heavy (non-hydrogen) atoms. The summed E-state index contributed by atoms with van der Waals surface area (Å²) in [6.45, 7) is 0. The lowest BCUT2D eigenvalue weighted by molar-refractivity contribution is 0.360. The van der Waals surface area contributed by atoms with E-state index in [0.717, 1.165) is 71.6 Å². The normalized spacial score (nSPS) is 12.1. The molecular formula is C51H31N5O2. The molecule has 1 aliphatic heterocycles. The Morgan fingerprint density at radius 1 is 0.310 bits per heavy atom. The van der Waals surface area contributed by atoms with Crippen molar-refractivity contribution in [1.29, 1.82) is 0 Å². The molecule has 0 saturated heterocycles. The summed E-state index contributed by atoms with van der Waals surface area (Å²) in [6, 6.07) is 64.4. The van der Waals surface area contributed by atoms with Crippen LogP contribution < -0.4 is 9.47 Å². The van der Waals surface area contributed by atoms with Crippen LogP contribution in [0.3, 0.4) is 0 Å². The Hall–Kier alpha value is -8.03. The minimum Gasteiger partial charge on any atom is -0.449 e. The van der Waals surface area contributed by atoms with E-state index in [2.05, 4.69) is 124 Å². The van der Waals surface area contributed by atoms with Crippen LogP contribution in [0.25, 0.3) is 89.2 Å². The Labute approximate surface area is 332 Å². The maximum Gasteiger partial charge on any atom is 0.238 e. The summed E-state index contributed by atoms with van der Waals surface area (Å²) in [4.78, 5) is 15.1. The molecule has 0 radical (unpaired) electrons. The summed E-state index contributed by atoms with van der Waals surface area (Å²) in [5.41, 5.74) is 9.21. The van der Waals surface area contributed by atoms with Crippen molar-refractivity contribution in [3.05, 3.63) is 188 Å². The van der Waals surface area contributed by atoms with Gasteiger partial charge in [-0.15, -0.1) is 0 Å². The minimum absolute atomic E-state index is 0.560. The molecule has 0 spiro atoms. The van der Waals surface area contributed by atoms with Crippen molar-refractivity contribution in [2.75, 3.05) is 0 Å². The summed E-state index contributed by atoms with van der Waals surface area (Å²) < 4.78 is 17.7. The van der Waals surface area contributed by atoms with Gasteiger partial charge in [-0.25, -0.2) is 4.98 Å². The second-order valence-corrected chi connectivity index (χ2v) is 14.5. The van der Waals surface area contributed by atoms with Crippen LogP contribution in [0.1, 0.15) is 0 Å². The van der Waals surface area contributed by atoms with E-state index in [-0.39, 0.29) is 0 Å². The third-order valence-corrected chi connectivity index (χ3v) is 11.0. The van der Waals surface area contributed by atoms with Gasteiger partial charge in [0.1, 0.15) is 0 Å². The fourth-order valence-corrected chi connectivity index (χ4v) is 8.34. The molecule has 3 aromatic heterocycles. The fraction of sp³-hybridized carbons (Fsp3) is 0. The molecule has 272 valence electrons. The molecule has 0 N–H and O–H groups in total. The van der Waals surface area contributed by atoms with E-state index >= 15 is 0 Å². The Balaban J connectivity index is 0.966. The van der Waals surface area contributed by atoms with Crippen molar-refractivity contribution in [1.82, 2.24) is 24.1 Å². The number of para-hydroxylation sites is 3. The molecular weight excluding hydrogens is 715 g/mol.